The molecule has 0 fully saturated rings. The topological polar surface area (TPSA) is 56.7 Å². The van der Waals surface area contributed by atoms with Gasteiger partial charge in [-0.05, 0) is 37.1 Å². The van der Waals surface area contributed by atoms with Crippen LogP contribution in [0, 0.1) is 0 Å². The number of hydrogen-bond donors (Lipinski definition) is 2. The number of fused-ring (bicyclic) bond motifs is 1. The van der Waals surface area contributed by atoms with Gasteiger partial charge in [0.15, 0.2) is 5.96 Å². The predicted octanol–water partition coefficient (Wildman–Crippen LogP) is 2.44. The lowest BCUT2D eigenvalue weighted by atomic mass is 10.2. The Kier molecular flexibility index (Phi) is 5.67. The monoisotopic (exact) mass is 336 g/mol. The van der Waals surface area contributed by atoms with Crippen LogP contribution in [0.3, 0.4) is 0 Å². The predicted molar refractivity (Wildman–Crippen MR) is 102 cm³/mol. The lowest BCUT2D eigenvalue weighted by Crippen LogP contribution is -2.41. The van der Waals surface area contributed by atoms with Gasteiger partial charge in [-0.15, -0.1) is 0 Å². The van der Waals surface area contributed by atoms with E-state index in [2.05, 4.69) is 51.7 Å². The van der Waals surface area contributed by atoms with Crippen molar-refractivity contribution in [3.8, 4) is 0 Å². The minimum absolute atomic E-state index is 0.0627. The van der Waals surface area contributed by atoms with Crippen LogP contribution in [0.15, 0.2) is 59.6 Å². The maximum atomic E-state index is 12.0. The zero-order chi connectivity index (χ0) is 17.5. The number of aliphatic imine (C=N–C) groups is 1. The van der Waals surface area contributed by atoms with Gasteiger partial charge in [-0.3, -0.25) is 9.79 Å². The molecule has 2 aromatic rings. The van der Waals surface area contributed by atoms with Crippen molar-refractivity contribution < 1.29 is 4.79 Å². The van der Waals surface area contributed by atoms with Gasteiger partial charge in [-0.1, -0.05) is 36.4 Å². The van der Waals surface area contributed by atoms with Crippen LogP contribution in [0.2, 0.25) is 0 Å². The number of guanidine groups is 1. The Hall–Kier alpha value is -2.82. The zero-order valence-electron chi connectivity index (χ0n) is 14.5. The van der Waals surface area contributed by atoms with E-state index in [0.717, 1.165) is 25.5 Å². The highest BCUT2D eigenvalue weighted by Gasteiger charge is 2.22. The van der Waals surface area contributed by atoms with Gasteiger partial charge < -0.3 is 15.5 Å². The fraction of sp³-hybridized carbons (Fsp3) is 0.300. The second kappa shape index (κ2) is 8.33. The van der Waals surface area contributed by atoms with Crippen molar-refractivity contribution in [2.45, 2.75) is 13.3 Å². The molecule has 0 aromatic heterocycles. The van der Waals surface area contributed by atoms with Crippen LogP contribution in [0.4, 0.5) is 5.69 Å². The molecule has 2 N–H and O–H groups in total. The van der Waals surface area contributed by atoms with Crippen LogP contribution in [0.5, 0.6) is 0 Å². The zero-order valence-corrected chi connectivity index (χ0v) is 14.5. The summed E-state index contributed by atoms with van der Waals surface area (Å²) < 4.78 is 0. The molecule has 1 heterocycles. The van der Waals surface area contributed by atoms with Crippen LogP contribution in [0.1, 0.15) is 22.8 Å². The first-order valence-corrected chi connectivity index (χ1v) is 8.76. The minimum Gasteiger partial charge on any atom is -0.356 e. The van der Waals surface area contributed by atoms with E-state index >= 15 is 0 Å². The first-order valence-electron chi connectivity index (χ1n) is 8.76. The number of para-hydroxylation sites is 1. The minimum atomic E-state index is -0.0627. The number of anilines is 1. The van der Waals surface area contributed by atoms with E-state index in [9.17, 15) is 4.79 Å². The molecule has 2 aromatic carbocycles. The van der Waals surface area contributed by atoms with Crippen molar-refractivity contribution >= 4 is 17.6 Å². The van der Waals surface area contributed by atoms with E-state index in [1.807, 2.05) is 30.3 Å². The van der Waals surface area contributed by atoms with Crippen LogP contribution in [0.25, 0.3) is 0 Å². The van der Waals surface area contributed by atoms with Crippen molar-refractivity contribution in [2.24, 2.45) is 4.99 Å². The van der Waals surface area contributed by atoms with E-state index in [1.165, 1.54) is 11.3 Å². The number of carbonyl (C=O) groups is 1. The Balaban J connectivity index is 1.59. The van der Waals surface area contributed by atoms with Crippen LogP contribution < -0.4 is 15.5 Å². The highest BCUT2D eigenvalue weighted by molar-refractivity contribution is 5.98. The fourth-order valence-electron chi connectivity index (χ4n) is 2.98. The largest absolute Gasteiger partial charge is 0.356 e. The molecule has 5 heteroatoms. The Morgan fingerprint density at radius 3 is 2.64 bits per heavy atom. The van der Waals surface area contributed by atoms with Gasteiger partial charge in [-0.25, -0.2) is 0 Å². The molecule has 3 rings (SSSR count). The van der Waals surface area contributed by atoms with Crippen molar-refractivity contribution in [3.05, 3.63) is 65.7 Å². The van der Waals surface area contributed by atoms with E-state index in [-0.39, 0.29) is 5.91 Å². The molecule has 0 spiro atoms. The molecular formula is C20H24N4O. The van der Waals surface area contributed by atoms with E-state index < -0.39 is 0 Å². The first-order chi connectivity index (χ1) is 12.3. The quantitative estimate of drug-likeness (QED) is 0.501. The molecular weight excluding hydrogens is 312 g/mol. The summed E-state index contributed by atoms with van der Waals surface area (Å²) in [6.45, 7) is 4.86. The summed E-state index contributed by atoms with van der Waals surface area (Å²) in [5.41, 5.74) is 3.24. The molecule has 0 unspecified atom stereocenters. The third-order valence-electron chi connectivity index (χ3n) is 4.17. The van der Waals surface area contributed by atoms with Crippen LogP contribution >= 0.6 is 0 Å². The van der Waals surface area contributed by atoms with Gasteiger partial charge in [0.25, 0.3) is 5.91 Å². The SMILES string of the molecule is CCNC(=NCCNC(=O)c1ccccc1)N1CCc2ccccc21. The number of rotatable bonds is 5. The lowest BCUT2D eigenvalue weighted by molar-refractivity contribution is 0.0955. The summed E-state index contributed by atoms with van der Waals surface area (Å²) in [5.74, 6) is 0.814. The highest BCUT2D eigenvalue weighted by atomic mass is 16.1. The van der Waals surface area contributed by atoms with Crippen molar-refractivity contribution in [2.75, 3.05) is 31.1 Å². The molecule has 1 amide bonds. The van der Waals surface area contributed by atoms with Gasteiger partial charge in [0, 0.05) is 30.9 Å². The number of benzene rings is 2. The summed E-state index contributed by atoms with van der Waals surface area (Å²) in [7, 11) is 0. The van der Waals surface area contributed by atoms with Gasteiger partial charge in [0.2, 0.25) is 0 Å². The Labute approximate surface area is 148 Å². The highest BCUT2D eigenvalue weighted by Crippen LogP contribution is 2.27. The van der Waals surface area contributed by atoms with E-state index in [0.29, 0.717) is 18.7 Å². The molecule has 1 aliphatic rings. The summed E-state index contributed by atoms with van der Waals surface area (Å²) in [5, 5.41) is 6.26. The average molecular weight is 336 g/mol. The Bertz CT molecular complexity index is 742. The smallest absolute Gasteiger partial charge is 0.251 e. The third-order valence-corrected chi connectivity index (χ3v) is 4.17. The molecule has 25 heavy (non-hydrogen) atoms. The molecule has 5 nitrogen and oxygen atoms in total. The molecule has 0 saturated carbocycles. The maximum absolute atomic E-state index is 12.0. The van der Waals surface area contributed by atoms with Crippen molar-refractivity contribution in [1.29, 1.82) is 0 Å². The van der Waals surface area contributed by atoms with Gasteiger partial charge >= 0.3 is 0 Å². The van der Waals surface area contributed by atoms with Gasteiger partial charge in [0.1, 0.15) is 0 Å². The van der Waals surface area contributed by atoms with E-state index in [1.54, 1.807) is 0 Å². The Morgan fingerprint density at radius 1 is 1.08 bits per heavy atom. The summed E-state index contributed by atoms with van der Waals surface area (Å²) in [4.78, 5) is 18.9. The fourth-order valence-corrected chi connectivity index (χ4v) is 2.98. The molecule has 0 aliphatic carbocycles. The summed E-state index contributed by atoms with van der Waals surface area (Å²) in [6.07, 6.45) is 1.03. The number of nitrogens with one attached hydrogen (secondary N) is 2. The molecule has 0 radical (unpaired) electrons. The second-order valence-electron chi connectivity index (χ2n) is 5.89. The first kappa shape index (κ1) is 17.0. The lowest BCUT2D eigenvalue weighted by Gasteiger charge is -2.22. The molecule has 0 atom stereocenters. The normalized spacial score (nSPS) is 13.5. The van der Waals surface area contributed by atoms with Gasteiger partial charge in [-0.2, -0.15) is 0 Å². The summed E-state index contributed by atoms with van der Waals surface area (Å²) >= 11 is 0. The molecule has 130 valence electrons. The van der Waals surface area contributed by atoms with Crippen molar-refractivity contribution in [3.63, 3.8) is 0 Å². The van der Waals surface area contributed by atoms with E-state index in [4.69, 9.17) is 0 Å². The van der Waals surface area contributed by atoms with Crippen LogP contribution in [-0.2, 0) is 6.42 Å². The third kappa shape index (κ3) is 4.18. The van der Waals surface area contributed by atoms with Crippen LogP contribution in [-0.4, -0.2) is 38.0 Å². The average Bonchev–Trinajstić information content (AvgIpc) is 3.09. The van der Waals surface area contributed by atoms with Crippen molar-refractivity contribution in [1.82, 2.24) is 10.6 Å². The molecule has 1 aliphatic heterocycles. The number of amides is 1. The second-order valence-corrected chi connectivity index (χ2v) is 5.89. The molecule has 0 saturated heterocycles. The summed E-state index contributed by atoms with van der Waals surface area (Å²) in [6, 6.07) is 17.7. The standard InChI is InChI=1S/C20H24N4O/c1-2-21-20(24-15-12-16-8-6-7-11-18(16)24)23-14-13-22-19(25)17-9-4-3-5-10-17/h3-11H,2,12-15H2,1H3,(H,21,23)(H,22,25). The molecule has 0 bridgehead atoms. The Morgan fingerprint density at radius 2 is 1.84 bits per heavy atom. The number of carbonyl (C=O) groups excluding carboxylic acids is 1. The maximum Gasteiger partial charge on any atom is 0.251 e. The number of nitrogens with zero attached hydrogens (tertiary/aromatic N) is 2. The number of hydrogen-bond acceptors (Lipinski definition) is 2. The van der Waals surface area contributed by atoms with Gasteiger partial charge in [0.05, 0.1) is 6.54 Å².